The van der Waals surface area contributed by atoms with Crippen LogP contribution < -0.4 is 0 Å². The number of fused-ring (bicyclic) bond motifs is 1. The van der Waals surface area contributed by atoms with Gasteiger partial charge in [0.15, 0.2) is 5.78 Å². The largest absolute Gasteiger partial charge is 0.306 e. The lowest BCUT2D eigenvalue weighted by atomic mass is 10.1. The number of aromatic nitrogens is 5. The number of ketones is 1. The van der Waals surface area contributed by atoms with E-state index in [-0.39, 0.29) is 12.2 Å². The van der Waals surface area contributed by atoms with Gasteiger partial charge in [0.25, 0.3) is 0 Å². The fourth-order valence-corrected chi connectivity index (χ4v) is 5.70. The fraction of sp³-hybridized carbons (Fsp3) is 0.333. The van der Waals surface area contributed by atoms with Crippen molar-refractivity contribution >= 4 is 39.8 Å². The van der Waals surface area contributed by atoms with E-state index < -0.39 is 0 Å². The smallest absolute Gasteiger partial charge is 0.169 e. The Balaban J connectivity index is 1.31. The third kappa shape index (κ3) is 5.26. The van der Waals surface area contributed by atoms with Gasteiger partial charge in [-0.2, -0.15) is 10.2 Å². The molecule has 1 aliphatic heterocycles. The summed E-state index contributed by atoms with van der Waals surface area (Å²) in [6.45, 7) is 4.16. The molecule has 5 rings (SSSR count). The summed E-state index contributed by atoms with van der Waals surface area (Å²) in [4.78, 5) is 19.8. The maximum absolute atomic E-state index is 13.0. The number of aryl methyl sites for hydroxylation is 1. The van der Waals surface area contributed by atoms with Gasteiger partial charge in [0.05, 0.1) is 22.7 Å². The molecule has 9 heteroatoms. The zero-order chi connectivity index (χ0) is 22.8. The lowest BCUT2D eigenvalue weighted by molar-refractivity contribution is 0.0991. The summed E-state index contributed by atoms with van der Waals surface area (Å²) in [5.74, 6) is 0.0205. The lowest BCUT2D eigenvalue weighted by Crippen LogP contribution is -2.31. The minimum atomic E-state index is 0.0205. The highest BCUT2D eigenvalue weighted by Gasteiger charge is 2.19. The molecular formula is C24H24N6OS2. The molecule has 0 N–H and O–H groups in total. The molecule has 0 saturated carbocycles. The molecule has 4 heterocycles. The van der Waals surface area contributed by atoms with Crippen molar-refractivity contribution in [1.29, 1.82) is 0 Å². The second-order valence-corrected chi connectivity index (χ2v) is 10.8. The number of rotatable bonds is 6. The Labute approximate surface area is 200 Å². The molecule has 0 radical (unpaired) electrons. The molecule has 7 nitrogen and oxygen atoms in total. The third-order valence-corrected chi connectivity index (χ3v) is 7.92. The van der Waals surface area contributed by atoms with Gasteiger partial charge in [0, 0.05) is 28.0 Å². The minimum absolute atomic E-state index is 0.0205. The Morgan fingerprint density at radius 1 is 1.09 bits per heavy atom. The van der Waals surface area contributed by atoms with Gasteiger partial charge >= 0.3 is 0 Å². The van der Waals surface area contributed by atoms with Gasteiger partial charge in [0.2, 0.25) is 0 Å². The number of benzene rings is 1. The maximum atomic E-state index is 13.0. The van der Waals surface area contributed by atoms with Crippen LogP contribution >= 0.6 is 23.1 Å². The summed E-state index contributed by atoms with van der Waals surface area (Å²) in [6, 6.07) is 11.6. The molecule has 33 heavy (non-hydrogen) atoms. The van der Waals surface area contributed by atoms with Crippen LogP contribution in [0.3, 0.4) is 0 Å². The zero-order valence-corrected chi connectivity index (χ0v) is 20.2. The van der Waals surface area contributed by atoms with E-state index in [1.165, 1.54) is 0 Å². The normalized spacial score (nSPS) is 15.2. The summed E-state index contributed by atoms with van der Waals surface area (Å²) < 4.78 is 0. The van der Waals surface area contributed by atoms with E-state index in [1.54, 1.807) is 35.4 Å². The highest BCUT2D eigenvalue weighted by Crippen LogP contribution is 2.29. The molecule has 168 valence electrons. The second kappa shape index (κ2) is 9.62. The van der Waals surface area contributed by atoms with Gasteiger partial charge < -0.3 is 4.90 Å². The number of nitrogens with zero attached hydrogens (tertiary/aromatic N) is 6. The molecular weight excluding hydrogens is 452 g/mol. The summed E-state index contributed by atoms with van der Waals surface area (Å²) >= 11 is 3.33. The molecule has 0 spiro atoms. The summed E-state index contributed by atoms with van der Waals surface area (Å²) in [6.07, 6.45) is 4.22. The molecule has 1 aromatic carbocycles. The van der Waals surface area contributed by atoms with Crippen LogP contribution in [0.2, 0.25) is 0 Å². The molecule has 0 atom stereocenters. The first-order chi connectivity index (χ1) is 16.0. The zero-order valence-electron chi connectivity index (χ0n) is 18.6. The van der Waals surface area contributed by atoms with Crippen LogP contribution in [0.4, 0.5) is 0 Å². The number of carbonyl (C=O) groups excluding carboxylic acids is 1. The van der Waals surface area contributed by atoms with Gasteiger partial charge in [0.1, 0.15) is 10.0 Å². The van der Waals surface area contributed by atoms with Crippen molar-refractivity contribution in [2.24, 2.45) is 0 Å². The number of Topliss-reactive ketones (excluding diaryl/α,β-unsaturated/α-hetero) is 1. The standard InChI is InChI=1S/C24H24N6OS2/c1-15-26-29-24(32-15)17-3-4-21-18(11-17)12-19(27-28-21)14-22(31)16-5-8-25-23(13-16)33-20-6-9-30(2)10-7-20/h3-5,8,11-13,20H,6-7,9-10,14H2,1-2H3. The van der Waals surface area contributed by atoms with E-state index in [2.05, 4.69) is 37.3 Å². The average Bonchev–Trinajstić information content (AvgIpc) is 3.26. The number of hydrogen-bond donors (Lipinski definition) is 0. The van der Waals surface area contributed by atoms with Crippen molar-refractivity contribution in [3.63, 3.8) is 0 Å². The van der Waals surface area contributed by atoms with Gasteiger partial charge in [-0.3, -0.25) is 4.79 Å². The van der Waals surface area contributed by atoms with E-state index in [0.717, 1.165) is 57.4 Å². The minimum Gasteiger partial charge on any atom is -0.306 e. The van der Waals surface area contributed by atoms with Crippen LogP contribution in [0.1, 0.15) is 33.9 Å². The first kappa shape index (κ1) is 22.1. The summed E-state index contributed by atoms with van der Waals surface area (Å²) in [7, 11) is 2.16. The molecule has 0 aliphatic carbocycles. The van der Waals surface area contributed by atoms with Crippen LogP contribution in [0.5, 0.6) is 0 Å². The maximum Gasteiger partial charge on any atom is 0.169 e. The highest BCUT2D eigenvalue weighted by molar-refractivity contribution is 7.99. The SMILES string of the molecule is Cc1nnc(-c2ccc3nnc(CC(=O)c4ccnc(SC5CCN(C)CC5)c4)cc3c2)s1. The number of likely N-dealkylation sites (tertiary alicyclic amines) is 1. The molecule has 0 amide bonds. The summed E-state index contributed by atoms with van der Waals surface area (Å²) in [5, 5.41) is 21.1. The van der Waals surface area contributed by atoms with Gasteiger partial charge in [-0.15, -0.1) is 22.0 Å². The van der Waals surface area contributed by atoms with Crippen LogP contribution in [0, 0.1) is 6.92 Å². The van der Waals surface area contributed by atoms with Crippen molar-refractivity contribution in [2.45, 2.75) is 36.5 Å². The molecule has 1 saturated heterocycles. The summed E-state index contributed by atoms with van der Waals surface area (Å²) in [5.41, 5.74) is 3.10. The van der Waals surface area contributed by atoms with Crippen molar-refractivity contribution in [2.75, 3.05) is 20.1 Å². The predicted molar refractivity (Wildman–Crippen MR) is 132 cm³/mol. The number of hydrogen-bond acceptors (Lipinski definition) is 9. The number of carbonyl (C=O) groups is 1. The van der Waals surface area contributed by atoms with Crippen LogP contribution in [-0.4, -0.2) is 61.4 Å². The molecule has 1 fully saturated rings. The highest BCUT2D eigenvalue weighted by atomic mass is 32.2. The lowest BCUT2D eigenvalue weighted by Gasteiger charge is -2.28. The first-order valence-corrected chi connectivity index (χ1v) is 12.6. The van der Waals surface area contributed by atoms with Crippen LogP contribution in [-0.2, 0) is 6.42 Å². The average molecular weight is 477 g/mol. The van der Waals surface area contributed by atoms with Gasteiger partial charge in [-0.25, -0.2) is 4.98 Å². The fourth-order valence-electron chi connectivity index (χ4n) is 3.91. The Kier molecular flexibility index (Phi) is 6.43. The van der Waals surface area contributed by atoms with Crippen molar-refractivity contribution in [1.82, 2.24) is 30.3 Å². The molecule has 3 aromatic heterocycles. The van der Waals surface area contributed by atoms with E-state index in [0.29, 0.717) is 16.5 Å². The van der Waals surface area contributed by atoms with E-state index in [4.69, 9.17) is 0 Å². The topological polar surface area (TPSA) is 84.8 Å². The third-order valence-electron chi connectivity index (χ3n) is 5.76. The van der Waals surface area contributed by atoms with Crippen LogP contribution in [0.15, 0.2) is 47.6 Å². The van der Waals surface area contributed by atoms with Crippen LogP contribution in [0.25, 0.3) is 21.5 Å². The molecule has 0 unspecified atom stereocenters. The Hall–Kier alpha value is -2.75. The van der Waals surface area contributed by atoms with Crippen molar-refractivity contribution in [3.8, 4) is 10.6 Å². The van der Waals surface area contributed by atoms with Gasteiger partial charge in [-0.05, 0) is 76.3 Å². The van der Waals surface area contributed by atoms with E-state index >= 15 is 0 Å². The van der Waals surface area contributed by atoms with E-state index in [9.17, 15) is 4.79 Å². The first-order valence-electron chi connectivity index (χ1n) is 10.9. The molecule has 0 bridgehead atoms. The Morgan fingerprint density at radius 3 is 2.73 bits per heavy atom. The number of pyridine rings is 1. The van der Waals surface area contributed by atoms with E-state index in [1.807, 2.05) is 37.3 Å². The molecule has 4 aromatic rings. The van der Waals surface area contributed by atoms with Gasteiger partial charge in [-0.1, -0.05) is 11.3 Å². The number of thioether (sulfide) groups is 1. The monoisotopic (exact) mass is 476 g/mol. The Bertz CT molecular complexity index is 1300. The van der Waals surface area contributed by atoms with Crippen molar-refractivity contribution in [3.05, 3.63) is 58.9 Å². The Morgan fingerprint density at radius 2 is 1.94 bits per heavy atom. The van der Waals surface area contributed by atoms with Crippen molar-refractivity contribution < 1.29 is 4.79 Å². The molecule has 1 aliphatic rings. The second-order valence-electron chi connectivity index (χ2n) is 8.34. The number of piperidine rings is 1. The predicted octanol–water partition coefficient (Wildman–Crippen LogP) is 4.46. The quantitative estimate of drug-likeness (QED) is 0.377.